The topological polar surface area (TPSA) is 30.5 Å². The summed E-state index contributed by atoms with van der Waals surface area (Å²) in [5.74, 6) is 1.69. The molecule has 0 aliphatic heterocycles. The number of methoxy groups -OCH3 is 2. The molecule has 4 heteroatoms. The Labute approximate surface area is 124 Å². The monoisotopic (exact) mass is 291 g/mol. The summed E-state index contributed by atoms with van der Waals surface area (Å²) < 4.78 is 10.7. The predicted octanol–water partition coefficient (Wildman–Crippen LogP) is 3.66. The van der Waals surface area contributed by atoms with Gasteiger partial charge in [0.25, 0.3) is 0 Å². The Morgan fingerprint density at radius 3 is 2.65 bits per heavy atom. The first kappa shape index (κ1) is 14.9. The van der Waals surface area contributed by atoms with Gasteiger partial charge in [-0.15, -0.1) is 0 Å². The lowest BCUT2D eigenvalue weighted by molar-refractivity contribution is 0.384. The fourth-order valence-corrected chi connectivity index (χ4v) is 3.01. The second kappa shape index (κ2) is 7.31. The van der Waals surface area contributed by atoms with Crippen molar-refractivity contribution >= 4 is 11.3 Å². The lowest BCUT2D eigenvalue weighted by atomic mass is 9.99. The van der Waals surface area contributed by atoms with Crippen molar-refractivity contribution in [3.05, 3.63) is 46.2 Å². The van der Waals surface area contributed by atoms with Crippen molar-refractivity contribution in [1.29, 1.82) is 0 Å². The minimum atomic E-state index is 0.274. The van der Waals surface area contributed by atoms with Crippen molar-refractivity contribution in [2.75, 3.05) is 21.3 Å². The third kappa shape index (κ3) is 3.52. The molecule has 1 atom stereocenters. The highest BCUT2D eigenvalue weighted by Gasteiger charge is 2.15. The Bertz CT molecular complexity index is 525. The maximum atomic E-state index is 5.49. The zero-order valence-corrected chi connectivity index (χ0v) is 13.0. The normalized spacial score (nSPS) is 12.2. The van der Waals surface area contributed by atoms with E-state index in [1.54, 1.807) is 25.6 Å². The van der Waals surface area contributed by atoms with E-state index < -0.39 is 0 Å². The van der Waals surface area contributed by atoms with Crippen LogP contribution in [0, 0.1) is 0 Å². The smallest absolute Gasteiger partial charge is 0.127 e. The molecular formula is C16H21NO2S. The van der Waals surface area contributed by atoms with Crippen molar-refractivity contribution in [2.45, 2.75) is 18.9 Å². The van der Waals surface area contributed by atoms with Crippen molar-refractivity contribution in [2.24, 2.45) is 0 Å². The average Bonchev–Trinajstić information content (AvgIpc) is 3.01. The van der Waals surface area contributed by atoms with Gasteiger partial charge in [0.15, 0.2) is 0 Å². The summed E-state index contributed by atoms with van der Waals surface area (Å²) in [4.78, 5) is 0. The molecular weight excluding hydrogens is 270 g/mol. The zero-order valence-electron chi connectivity index (χ0n) is 12.2. The van der Waals surface area contributed by atoms with E-state index in [2.05, 4.69) is 28.2 Å². The fourth-order valence-electron chi connectivity index (χ4n) is 2.31. The van der Waals surface area contributed by atoms with E-state index >= 15 is 0 Å². The Morgan fingerprint density at radius 1 is 1.20 bits per heavy atom. The molecule has 0 spiro atoms. The van der Waals surface area contributed by atoms with Gasteiger partial charge in [0.1, 0.15) is 11.5 Å². The molecule has 0 saturated heterocycles. The first-order valence-corrected chi connectivity index (χ1v) is 7.63. The molecule has 0 radical (unpaired) electrons. The van der Waals surface area contributed by atoms with Gasteiger partial charge in [0.05, 0.1) is 14.2 Å². The van der Waals surface area contributed by atoms with Crippen LogP contribution < -0.4 is 14.8 Å². The third-order valence-corrected chi connectivity index (χ3v) is 4.20. The van der Waals surface area contributed by atoms with Gasteiger partial charge in [0.2, 0.25) is 0 Å². The molecule has 2 rings (SSSR count). The standard InChI is InChI=1S/C16H21NO2S/c1-17-15(7-4-12-8-9-20-11-12)14-6-5-13(18-2)10-16(14)19-3/h5-6,8-11,15,17H,4,7H2,1-3H3. The van der Waals surface area contributed by atoms with Gasteiger partial charge in [-0.3, -0.25) is 0 Å². The van der Waals surface area contributed by atoms with E-state index in [9.17, 15) is 0 Å². The van der Waals surface area contributed by atoms with Gasteiger partial charge < -0.3 is 14.8 Å². The molecule has 108 valence electrons. The molecule has 0 amide bonds. The summed E-state index contributed by atoms with van der Waals surface area (Å²) in [5, 5.41) is 7.70. The van der Waals surface area contributed by atoms with Crippen molar-refractivity contribution in [1.82, 2.24) is 5.32 Å². The van der Waals surface area contributed by atoms with Crippen LogP contribution in [0.25, 0.3) is 0 Å². The summed E-state index contributed by atoms with van der Waals surface area (Å²) in [6.07, 6.45) is 2.10. The van der Waals surface area contributed by atoms with Gasteiger partial charge >= 0.3 is 0 Å². The summed E-state index contributed by atoms with van der Waals surface area (Å²) in [7, 11) is 5.35. The van der Waals surface area contributed by atoms with Crippen molar-refractivity contribution < 1.29 is 9.47 Å². The number of benzene rings is 1. The first-order chi connectivity index (χ1) is 9.78. The number of rotatable bonds is 7. The Morgan fingerprint density at radius 2 is 2.05 bits per heavy atom. The van der Waals surface area contributed by atoms with Gasteiger partial charge in [-0.1, -0.05) is 6.07 Å². The largest absolute Gasteiger partial charge is 0.497 e. The second-order valence-electron chi connectivity index (χ2n) is 4.62. The van der Waals surface area contributed by atoms with Crippen LogP contribution in [0.5, 0.6) is 11.5 Å². The molecule has 0 aliphatic carbocycles. The van der Waals surface area contributed by atoms with Crippen LogP contribution in [0.3, 0.4) is 0 Å². The van der Waals surface area contributed by atoms with Crippen LogP contribution in [0.1, 0.15) is 23.6 Å². The molecule has 1 heterocycles. The van der Waals surface area contributed by atoms with E-state index in [1.165, 1.54) is 11.1 Å². The minimum Gasteiger partial charge on any atom is -0.497 e. The third-order valence-electron chi connectivity index (χ3n) is 3.47. The molecule has 20 heavy (non-hydrogen) atoms. The number of hydrogen-bond donors (Lipinski definition) is 1. The number of nitrogens with one attached hydrogen (secondary N) is 1. The van der Waals surface area contributed by atoms with Crippen LogP contribution >= 0.6 is 11.3 Å². The quantitative estimate of drug-likeness (QED) is 0.844. The van der Waals surface area contributed by atoms with Crippen molar-refractivity contribution in [3.63, 3.8) is 0 Å². The maximum absolute atomic E-state index is 5.49. The van der Waals surface area contributed by atoms with E-state index in [0.29, 0.717) is 0 Å². The van der Waals surface area contributed by atoms with Gasteiger partial charge in [-0.05, 0) is 48.3 Å². The highest BCUT2D eigenvalue weighted by Crippen LogP contribution is 2.31. The van der Waals surface area contributed by atoms with Crippen LogP contribution in [-0.4, -0.2) is 21.3 Å². The molecule has 0 fully saturated rings. The molecule has 2 aromatic rings. The van der Waals surface area contributed by atoms with E-state index in [0.717, 1.165) is 24.3 Å². The summed E-state index contributed by atoms with van der Waals surface area (Å²) in [6.45, 7) is 0. The summed E-state index contributed by atoms with van der Waals surface area (Å²) >= 11 is 1.75. The van der Waals surface area contributed by atoms with Gasteiger partial charge in [-0.25, -0.2) is 0 Å². The zero-order chi connectivity index (χ0) is 14.4. The minimum absolute atomic E-state index is 0.274. The number of thiophene rings is 1. The summed E-state index contributed by atoms with van der Waals surface area (Å²) in [5.41, 5.74) is 2.56. The van der Waals surface area contributed by atoms with Gasteiger partial charge in [0, 0.05) is 17.7 Å². The highest BCUT2D eigenvalue weighted by atomic mass is 32.1. The molecule has 3 nitrogen and oxygen atoms in total. The predicted molar refractivity (Wildman–Crippen MR) is 84.0 cm³/mol. The first-order valence-electron chi connectivity index (χ1n) is 6.68. The molecule has 0 saturated carbocycles. The Balaban J connectivity index is 2.13. The lowest BCUT2D eigenvalue weighted by Crippen LogP contribution is -2.18. The molecule has 1 N–H and O–H groups in total. The number of aryl methyl sites for hydroxylation is 1. The number of hydrogen-bond acceptors (Lipinski definition) is 4. The fraction of sp³-hybridized carbons (Fsp3) is 0.375. The van der Waals surface area contributed by atoms with E-state index in [4.69, 9.17) is 9.47 Å². The Hall–Kier alpha value is -1.52. The van der Waals surface area contributed by atoms with Crippen molar-refractivity contribution in [3.8, 4) is 11.5 Å². The lowest BCUT2D eigenvalue weighted by Gasteiger charge is -2.19. The van der Waals surface area contributed by atoms with Crippen LogP contribution in [0.2, 0.25) is 0 Å². The number of ether oxygens (including phenoxy) is 2. The van der Waals surface area contributed by atoms with E-state index in [1.807, 2.05) is 19.2 Å². The van der Waals surface area contributed by atoms with Crippen LogP contribution in [0.15, 0.2) is 35.0 Å². The average molecular weight is 291 g/mol. The second-order valence-corrected chi connectivity index (χ2v) is 5.40. The molecule has 0 aliphatic rings. The maximum Gasteiger partial charge on any atom is 0.127 e. The molecule has 0 bridgehead atoms. The van der Waals surface area contributed by atoms with Crippen LogP contribution in [0.4, 0.5) is 0 Å². The highest BCUT2D eigenvalue weighted by molar-refractivity contribution is 7.07. The molecule has 1 aromatic carbocycles. The van der Waals surface area contributed by atoms with Gasteiger partial charge in [-0.2, -0.15) is 11.3 Å². The van der Waals surface area contributed by atoms with Crippen LogP contribution in [-0.2, 0) is 6.42 Å². The Kier molecular flexibility index (Phi) is 5.44. The molecule has 1 aromatic heterocycles. The SMILES string of the molecule is CNC(CCc1ccsc1)c1ccc(OC)cc1OC. The summed E-state index contributed by atoms with van der Waals surface area (Å²) in [6, 6.07) is 8.45. The molecule has 1 unspecified atom stereocenters. The van der Waals surface area contributed by atoms with E-state index in [-0.39, 0.29) is 6.04 Å².